The molecule has 0 aromatic heterocycles. The molecule has 0 radical (unpaired) electrons. The molecule has 0 bridgehead atoms. The summed E-state index contributed by atoms with van der Waals surface area (Å²) >= 11 is 3.58. The molecule has 0 amide bonds. The van der Waals surface area contributed by atoms with Crippen LogP contribution in [0.1, 0.15) is 45.1 Å². The van der Waals surface area contributed by atoms with Crippen LogP contribution in [0.4, 0.5) is 5.69 Å². The van der Waals surface area contributed by atoms with E-state index in [1.54, 1.807) is 0 Å². The average Bonchev–Trinajstić information content (AvgIpc) is 2.38. The monoisotopic (exact) mass is 312 g/mol. The summed E-state index contributed by atoms with van der Waals surface area (Å²) in [4.78, 5) is 2.48. The van der Waals surface area contributed by atoms with E-state index in [0.717, 1.165) is 17.6 Å². The van der Waals surface area contributed by atoms with Gasteiger partial charge in [-0.3, -0.25) is 0 Å². The van der Waals surface area contributed by atoms with Gasteiger partial charge in [0, 0.05) is 29.8 Å². The van der Waals surface area contributed by atoms with Crippen molar-refractivity contribution in [1.29, 1.82) is 0 Å². The lowest BCUT2D eigenvalue weighted by Crippen LogP contribution is -2.25. The first-order chi connectivity index (χ1) is 8.71. The van der Waals surface area contributed by atoms with Crippen molar-refractivity contribution in [3.8, 4) is 0 Å². The third-order valence-electron chi connectivity index (χ3n) is 3.11. The molecule has 102 valence electrons. The molecule has 0 aliphatic carbocycles. The second-order valence-corrected chi connectivity index (χ2v) is 5.63. The predicted molar refractivity (Wildman–Crippen MR) is 84.1 cm³/mol. The second-order valence-electron chi connectivity index (χ2n) is 4.72. The maximum Gasteiger partial charge on any atom is 0.0380 e. The van der Waals surface area contributed by atoms with Gasteiger partial charge in [0.25, 0.3) is 0 Å². The molecule has 1 aromatic rings. The van der Waals surface area contributed by atoms with Crippen LogP contribution in [0.3, 0.4) is 0 Å². The number of hydrogen-bond acceptors (Lipinski definition) is 2. The molecule has 0 spiro atoms. The second kappa shape index (κ2) is 8.54. The normalized spacial score (nSPS) is 10.7. The lowest BCUT2D eigenvalue weighted by Gasteiger charge is -2.25. The van der Waals surface area contributed by atoms with Gasteiger partial charge < -0.3 is 10.6 Å². The lowest BCUT2D eigenvalue weighted by atomic mass is 10.1. The molecule has 0 aliphatic rings. The molecule has 0 heterocycles. The SMILES string of the molecule is CCCCN(CCCC)c1cc(Br)cc(CN)c1. The third-order valence-corrected chi connectivity index (χ3v) is 3.56. The lowest BCUT2D eigenvalue weighted by molar-refractivity contribution is 0.677. The number of anilines is 1. The first kappa shape index (κ1) is 15.5. The average molecular weight is 313 g/mol. The van der Waals surface area contributed by atoms with Crippen molar-refractivity contribution in [1.82, 2.24) is 0 Å². The van der Waals surface area contributed by atoms with Crippen molar-refractivity contribution in [2.45, 2.75) is 46.1 Å². The number of unbranched alkanes of at least 4 members (excludes halogenated alkanes) is 2. The van der Waals surface area contributed by atoms with Gasteiger partial charge in [-0.05, 0) is 36.6 Å². The Morgan fingerprint density at radius 1 is 1.06 bits per heavy atom. The highest BCUT2D eigenvalue weighted by molar-refractivity contribution is 9.10. The summed E-state index contributed by atoms with van der Waals surface area (Å²) in [7, 11) is 0. The largest absolute Gasteiger partial charge is 0.371 e. The zero-order valence-electron chi connectivity index (χ0n) is 11.6. The molecule has 1 rings (SSSR count). The van der Waals surface area contributed by atoms with Crippen LogP contribution in [0, 0.1) is 0 Å². The minimum Gasteiger partial charge on any atom is -0.371 e. The molecule has 0 aliphatic heterocycles. The summed E-state index contributed by atoms with van der Waals surface area (Å²) in [6.45, 7) is 7.35. The van der Waals surface area contributed by atoms with Crippen molar-refractivity contribution < 1.29 is 0 Å². The molecule has 2 N–H and O–H groups in total. The Morgan fingerprint density at radius 2 is 1.67 bits per heavy atom. The molecule has 0 saturated heterocycles. The summed E-state index contributed by atoms with van der Waals surface area (Å²) < 4.78 is 1.12. The Bertz CT molecular complexity index is 344. The molecule has 0 saturated carbocycles. The summed E-state index contributed by atoms with van der Waals surface area (Å²) in [5.74, 6) is 0. The number of nitrogens with two attached hydrogens (primary N) is 1. The van der Waals surface area contributed by atoms with Crippen molar-refractivity contribution in [2.75, 3.05) is 18.0 Å². The van der Waals surface area contributed by atoms with Gasteiger partial charge in [0.15, 0.2) is 0 Å². The van der Waals surface area contributed by atoms with E-state index in [1.807, 2.05) is 0 Å². The summed E-state index contributed by atoms with van der Waals surface area (Å²) in [6, 6.07) is 6.52. The Morgan fingerprint density at radius 3 is 2.17 bits per heavy atom. The zero-order chi connectivity index (χ0) is 13.4. The topological polar surface area (TPSA) is 29.3 Å². The quantitative estimate of drug-likeness (QED) is 0.774. The molecule has 1 aromatic carbocycles. The highest BCUT2D eigenvalue weighted by atomic mass is 79.9. The summed E-state index contributed by atoms with van der Waals surface area (Å²) in [6.07, 6.45) is 4.96. The molecule has 0 atom stereocenters. The van der Waals surface area contributed by atoms with Gasteiger partial charge in [0.1, 0.15) is 0 Å². The number of rotatable bonds is 8. The van der Waals surface area contributed by atoms with Crippen LogP contribution in [0.5, 0.6) is 0 Å². The fourth-order valence-corrected chi connectivity index (χ4v) is 2.53. The molecule has 0 fully saturated rings. The van der Waals surface area contributed by atoms with Crippen LogP contribution < -0.4 is 10.6 Å². The van der Waals surface area contributed by atoms with Gasteiger partial charge in [-0.1, -0.05) is 42.6 Å². The smallest absolute Gasteiger partial charge is 0.0380 e. The summed E-state index contributed by atoms with van der Waals surface area (Å²) in [5, 5.41) is 0. The van der Waals surface area contributed by atoms with Crippen molar-refractivity contribution in [2.24, 2.45) is 5.73 Å². The van der Waals surface area contributed by atoms with E-state index in [2.05, 4.69) is 52.9 Å². The molecule has 0 unspecified atom stereocenters. The van der Waals surface area contributed by atoms with Gasteiger partial charge in [-0.25, -0.2) is 0 Å². The standard InChI is InChI=1S/C15H25BrN2/c1-3-5-7-18(8-6-4-2)15-10-13(12-17)9-14(16)11-15/h9-11H,3-8,12,17H2,1-2H3. The highest BCUT2D eigenvalue weighted by Crippen LogP contribution is 2.23. The van der Waals surface area contributed by atoms with E-state index in [0.29, 0.717) is 6.54 Å². The fraction of sp³-hybridized carbons (Fsp3) is 0.600. The van der Waals surface area contributed by atoms with E-state index in [4.69, 9.17) is 5.73 Å². The minimum atomic E-state index is 0.599. The Labute approximate surface area is 120 Å². The van der Waals surface area contributed by atoms with Gasteiger partial charge >= 0.3 is 0 Å². The Balaban J connectivity index is 2.84. The van der Waals surface area contributed by atoms with Gasteiger partial charge in [-0.2, -0.15) is 0 Å². The minimum absolute atomic E-state index is 0.599. The van der Waals surface area contributed by atoms with E-state index < -0.39 is 0 Å². The van der Waals surface area contributed by atoms with Crippen LogP contribution in [-0.2, 0) is 6.54 Å². The van der Waals surface area contributed by atoms with Gasteiger partial charge in [0.2, 0.25) is 0 Å². The number of benzene rings is 1. The van der Waals surface area contributed by atoms with Crippen molar-refractivity contribution >= 4 is 21.6 Å². The maximum absolute atomic E-state index is 5.75. The fourth-order valence-electron chi connectivity index (χ4n) is 2.00. The zero-order valence-corrected chi connectivity index (χ0v) is 13.2. The third kappa shape index (κ3) is 4.99. The number of hydrogen-bond donors (Lipinski definition) is 1. The first-order valence-electron chi connectivity index (χ1n) is 6.95. The van der Waals surface area contributed by atoms with Gasteiger partial charge in [-0.15, -0.1) is 0 Å². The van der Waals surface area contributed by atoms with Crippen LogP contribution in [0.2, 0.25) is 0 Å². The van der Waals surface area contributed by atoms with Gasteiger partial charge in [0.05, 0.1) is 0 Å². The highest BCUT2D eigenvalue weighted by Gasteiger charge is 2.07. The van der Waals surface area contributed by atoms with Crippen LogP contribution >= 0.6 is 15.9 Å². The number of halogens is 1. The van der Waals surface area contributed by atoms with E-state index in [9.17, 15) is 0 Å². The predicted octanol–water partition coefficient (Wildman–Crippen LogP) is 4.31. The van der Waals surface area contributed by atoms with Crippen molar-refractivity contribution in [3.63, 3.8) is 0 Å². The molecular formula is C15H25BrN2. The molecular weight excluding hydrogens is 288 g/mol. The first-order valence-corrected chi connectivity index (χ1v) is 7.75. The summed E-state index contributed by atoms with van der Waals surface area (Å²) in [5.41, 5.74) is 8.24. The van der Waals surface area contributed by atoms with Crippen LogP contribution in [0.15, 0.2) is 22.7 Å². The van der Waals surface area contributed by atoms with E-state index >= 15 is 0 Å². The van der Waals surface area contributed by atoms with Crippen LogP contribution in [-0.4, -0.2) is 13.1 Å². The van der Waals surface area contributed by atoms with E-state index in [-0.39, 0.29) is 0 Å². The Hall–Kier alpha value is -0.540. The van der Waals surface area contributed by atoms with Crippen molar-refractivity contribution in [3.05, 3.63) is 28.2 Å². The van der Waals surface area contributed by atoms with E-state index in [1.165, 1.54) is 36.9 Å². The maximum atomic E-state index is 5.75. The molecule has 18 heavy (non-hydrogen) atoms. The number of nitrogens with zero attached hydrogens (tertiary/aromatic N) is 1. The molecule has 3 heteroatoms. The van der Waals surface area contributed by atoms with Crippen LogP contribution in [0.25, 0.3) is 0 Å². The Kier molecular flexibility index (Phi) is 7.36. The molecule has 2 nitrogen and oxygen atoms in total.